The fourth-order valence-corrected chi connectivity index (χ4v) is 1.91. The van der Waals surface area contributed by atoms with Crippen LogP contribution in [0.3, 0.4) is 0 Å². The van der Waals surface area contributed by atoms with Gasteiger partial charge in [-0.2, -0.15) is 8.42 Å². The molecule has 0 saturated carbocycles. The molecule has 1 aliphatic heterocycles. The van der Waals surface area contributed by atoms with Crippen molar-refractivity contribution in [3.8, 4) is 0 Å². The summed E-state index contributed by atoms with van der Waals surface area (Å²) in [7, 11) is -3.97. The molecule has 0 spiro atoms. The quantitative estimate of drug-likeness (QED) is 0.484. The molecule has 0 fully saturated rings. The van der Waals surface area contributed by atoms with Crippen LogP contribution in [-0.2, 0) is 24.0 Å². The van der Waals surface area contributed by atoms with Crippen molar-refractivity contribution in [1.82, 2.24) is 5.06 Å². The molecule has 0 saturated heterocycles. The van der Waals surface area contributed by atoms with Crippen molar-refractivity contribution in [2.75, 3.05) is 11.6 Å². The molecule has 2 amide bonds. The number of hydrogen-bond acceptors (Lipinski definition) is 5. The highest BCUT2D eigenvalue weighted by atomic mass is 35.5. The minimum Gasteiger partial charge on any atom is -0.267 e. The molecular formula is C6H6ClNO5S. The SMILES string of the molecule is O=C1C=CC(=O)N1OS(=O)(=O)CCCl. The predicted molar refractivity (Wildman–Crippen MR) is 46.6 cm³/mol. The van der Waals surface area contributed by atoms with E-state index in [2.05, 4.69) is 4.28 Å². The van der Waals surface area contributed by atoms with E-state index < -0.39 is 27.7 Å². The van der Waals surface area contributed by atoms with E-state index in [-0.39, 0.29) is 10.9 Å². The summed E-state index contributed by atoms with van der Waals surface area (Å²) in [6.45, 7) is 0. The van der Waals surface area contributed by atoms with Crippen molar-refractivity contribution in [2.24, 2.45) is 0 Å². The molecule has 0 N–H and O–H groups in total. The van der Waals surface area contributed by atoms with Crippen molar-refractivity contribution in [2.45, 2.75) is 0 Å². The number of halogens is 1. The molecule has 1 rings (SSSR count). The summed E-state index contributed by atoms with van der Waals surface area (Å²) >= 11 is 5.18. The topological polar surface area (TPSA) is 80.8 Å². The van der Waals surface area contributed by atoms with Crippen LogP contribution in [0, 0.1) is 0 Å². The highest BCUT2D eigenvalue weighted by Gasteiger charge is 2.29. The van der Waals surface area contributed by atoms with Crippen LogP contribution in [0.4, 0.5) is 0 Å². The molecule has 0 unspecified atom stereocenters. The molecule has 6 nitrogen and oxygen atoms in total. The van der Waals surface area contributed by atoms with Gasteiger partial charge < -0.3 is 0 Å². The van der Waals surface area contributed by atoms with Crippen molar-refractivity contribution in [1.29, 1.82) is 0 Å². The van der Waals surface area contributed by atoms with E-state index in [1.807, 2.05) is 0 Å². The van der Waals surface area contributed by atoms with Crippen LogP contribution in [0.5, 0.6) is 0 Å². The predicted octanol–water partition coefficient (Wildman–Crippen LogP) is -0.588. The van der Waals surface area contributed by atoms with E-state index in [1.165, 1.54) is 0 Å². The molecule has 0 bridgehead atoms. The molecular weight excluding hydrogens is 234 g/mol. The van der Waals surface area contributed by atoms with Gasteiger partial charge in [0.1, 0.15) is 0 Å². The zero-order valence-electron chi connectivity index (χ0n) is 6.84. The Hall–Kier alpha value is -0.920. The lowest BCUT2D eigenvalue weighted by Crippen LogP contribution is -2.33. The number of nitrogens with zero attached hydrogens (tertiary/aromatic N) is 1. The van der Waals surface area contributed by atoms with Gasteiger partial charge in [-0.3, -0.25) is 9.59 Å². The normalized spacial score (nSPS) is 16.8. The van der Waals surface area contributed by atoms with Crippen LogP contribution in [0.25, 0.3) is 0 Å². The van der Waals surface area contributed by atoms with E-state index in [0.717, 1.165) is 12.2 Å². The minimum atomic E-state index is -3.97. The first-order valence-electron chi connectivity index (χ1n) is 3.50. The molecule has 78 valence electrons. The van der Waals surface area contributed by atoms with Crippen molar-refractivity contribution in [3.05, 3.63) is 12.2 Å². The number of imide groups is 1. The maximum absolute atomic E-state index is 11.0. The number of carbonyl (C=O) groups is 2. The number of hydrogen-bond donors (Lipinski definition) is 0. The second-order valence-electron chi connectivity index (χ2n) is 2.33. The number of rotatable bonds is 4. The molecule has 1 heterocycles. The van der Waals surface area contributed by atoms with Gasteiger partial charge in [0.05, 0.1) is 5.75 Å². The van der Waals surface area contributed by atoms with Crippen LogP contribution in [0.2, 0.25) is 0 Å². The Kier molecular flexibility index (Phi) is 3.25. The van der Waals surface area contributed by atoms with Crippen molar-refractivity contribution < 1.29 is 22.3 Å². The number of carbonyl (C=O) groups excluding carboxylic acids is 2. The van der Waals surface area contributed by atoms with Crippen molar-refractivity contribution in [3.63, 3.8) is 0 Å². The number of hydroxylamine groups is 2. The van der Waals surface area contributed by atoms with E-state index in [0.29, 0.717) is 0 Å². The lowest BCUT2D eigenvalue weighted by atomic mass is 10.6. The second-order valence-corrected chi connectivity index (χ2v) is 4.38. The standard InChI is InChI=1S/C6H6ClNO5S/c7-3-4-14(11,12)13-8-5(9)1-2-6(8)10/h1-2H,3-4H2. The first kappa shape index (κ1) is 11.2. The van der Waals surface area contributed by atoms with Gasteiger partial charge in [-0.1, -0.05) is 0 Å². The van der Waals surface area contributed by atoms with E-state index in [1.54, 1.807) is 0 Å². The van der Waals surface area contributed by atoms with Gasteiger partial charge in [0.15, 0.2) is 0 Å². The molecule has 0 aliphatic carbocycles. The van der Waals surface area contributed by atoms with E-state index >= 15 is 0 Å². The molecule has 1 aliphatic rings. The monoisotopic (exact) mass is 239 g/mol. The summed E-state index contributed by atoms with van der Waals surface area (Å²) in [5, 5.41) is 0.169. The smallest absolute Gasteiger partial charge is 0.267 e. The highest BCUT2D eigenvalue weighted by Crippen LogP contribution is 2.08. The van der Waals surface area contributed by atoms with Crippen LogP contribution in [0.1, 0.15) is 0 Å². The third-order valence-corrected chi connectivity index (χ3v) is 2.78. The fraction of sp³-hybridized carbons (Fsp3) is 0.333. The van der Waals surface area contributed by atoms with Crippen LogP contribution < -0.4 is 0 Å². The van der Waals surface area contributed by atoms with E-state index in [4.69, 9.17) is 11.6 Å². The molecule has 0 aromatic heterocycles. The van der Waals surface area contributed by atoms with E-state index in [9.17, 15) is 18.0 Å². The summed E-state index contributed by atoms with van der Waals surface area (Å²) in [6.07, 6.45) is 1.83. The average molecular weight is 240 g/mol. The first-order valence-corrected chi connectivity index (χ1v) is 5.62. The third-order valence-electron chi connectivity index (χ3n) is 1.28. The lowest BCUT2D eigenvalue weighted by Gasteiger charge is -2.11. The average Bonchev–Trinajstić information content (AvgIpc) is 2.35. The Morgan fingerprint density at radius 3 is 2.21 bits per heavy atom. The Labute approximate surface area is 85.2 Å². The molecule has 8 heteroatoms. The van der Waals surface area contributed by atoms with Crippen LogP contribution in [-0.4, -0.2) is 36.9 Å². The zero-order valence-corrected chi connectivity index (χ0v) is 8.42. The van der Waals surface area contributed by atoms with Gasteiger partial charge in [0.25, 0.3) is 21.9 Å². The number of amides is 2. The van der Waals surface area contributed by atoms with Gasteiger partial charge in [0.2, 0.25) is 0 Å². The molecule has 14 heavy (non-hydrogen) atoms. The lowest BCUT2D eigenvalue weighted by molar-refractivity contribution is -0.161. The van der Waals surface area contributed by atoms with Gasteiger partial charge in [-0.15, -0.1) is 20.9 Å². The summed E-state index contributed by atoms with van der Waals surface area (Å²) < 4.78 is 26.2. The van der Waals surface area contributed by atoms with Gasteiger partial charge in [-0.05, 0) is 0 Å². The number of alkyl halides is 1. The van der Waals surface area contributed by atoms with Gasteiger partial charge in [0, 0.05) is 18.0 Å². The minimum absolute atomic E-state index is 0.169. The summed E-state index contributed by atoms with van der Waals surface area (Å²) in [5.74, 6) is -2.29. The largest absolute Gasteiger partial charge is 0.289 e. The van der Waals surface area contributed by atoms with Crippen molar-refractivity contribution >= 4 is 33.5 Å². The third kappa shape index (κ3) is 2.53. The molecule has 0 aromatic carbocycles. The van der Waals surface area contributed by atoms with Crippen LogP contribution >= 0.6 is 11.6 Å². The van der Waals surface area contributed by atoms with Gasteiger partial charge >= 0.3 is 0 Å². The second kappa shape index (κ2) is 4.07. The van der Waals surface area contributed by atoms with Gasteiger partial charge in [-0.25, -0.2) is 0 Å². The maximum Gasteiger partial charge on any atom is 0.289 e. The Bertz CT molecular complexity index is 369. The molecule has 0 atom stereocenters. The Morgan fingerprint density at radius 1 is 1.29 bits per heavy atom. The Balaban J connectivity index is 2.70. The summed E-state index contributed by atoms with van der Waals surface area (Å²) in [5.41, 5.74) is 0. The fourth-order valence-electron chi connectivity index (χ4n) is 0.705. The Morgan fingerprint density at radius 2 is 1.79 bits per heavy atom. The molecule has 0 aromatic rings. The highest BCUT2D eigenvalue weighted by molar-refractivity contribution is 7.86. The zero-order chi connectivity index (χ0) is 10.8. The summed E-state index contributed by atoms with van der Waals surface area (Å²) in [6, 6.07) is 0. The maximum atomic E-state index is 11.0. The summed E-state index contributed by atoms with van der Waals surface area (Å²) in [4.78, 5) is 21.7. The molecule has 0 radical (unpaired) electrons. The first-order chi connectivity index (χ1) is 6.46. The van der Waals surface area contributed by atoms with Crippen LogP contribution in [0.15, 0.2) is 12.2 Å².